The number of hydrogen-bond acceptors (Lipinski definition) is 12. The van der Waals surface area contributed by atoms with E-state index in [1.807, 2.05) is 168 Å². The maximum atomic E-state index is 14.7. The quantitative estimate of drug-likeness (QED) is 0.0263. The Morgan fingerprint density at radius 3 is 0.690 bits per heavy atom. The van der Waals surface area contributed by atoms with Crippen LogP contribution in [0.15, 0.2) is 72.8 Å². The molecule has 0 aromatic heterocycles. The first-order valence-corrected chi connectivity index (χ1v) is 33.5. The van der Waals surface area contributed by atoms with Gasteiger partial charge in [0.05, 0.1) is 40.4 Å². The Labute approximate surface area is 532 Å². The summed E-state index contributed by atoms with van der Waals surface area (Å²) >= 11 is 4.26. The molecule has 0 aliphatic carbocycles. The van der Waals surface area contributed by atoms with E-state index in [-0.39, 0.29) is 73.7 Å². The van der Waals surface area contributed by atoms with E-state index in [4.69, 9.17) is 14.2 Å². The molecule has 0 heterocycles. The van der Waals surface area contributed by atoms with E-state index < -0.39 is 39.1 Å². The van der Waals surface area contributed by atoms with Crippen LogP contribution >= 0.6 is 35.3 Å². The first kappa shape index (κ1) is 69.9. The Morgan fingerprint density at radius 1 is 0.322 bits per heavy atom. The third-order valence-electron chi connectivity index (χ3n) is 16.6. The molecule has 0 bridgehead atoms. The molecule has 0 aliphatic rings. The molecular formula is C75H92O9S3. The van der Waals surface area contributed by atoms with Crippen molar-refractivity contribution < 1.29 is 43.0 Å². The minimum absolute atomic E-state index is 0.0123. The van der Waals surface area contributed by atoms with Crippen LogP contribution in [-0.4, -0.2) is 72.3 Å². The number of thioether (sulfide) groups is 3. The number of carbonyl (C=O) groups excluding carboxylic acids is 6. The third-order valence-corrected chi connectivity index (χ3v) is 20.3. The van der Waals surface area contributed by atoms with Gasteiger partial charge in [-0.15, -0.1) is 35.3 Å². The van der Waals surface area contributed by atoms with Crippen LogP contribution in [0.1, 0.15) is 196 Å². The molecule has 3 unspecified atom stereocenters. The normalized spacial score (nSPS) is 13.1. The van der Waals surface area contributed by atoms with E-state index in [0.29, 0.717) is 23.1 Å². The standard InChI is InChI=1S/C75H92O9S3/c1-20-75(39-82-60(76)21-24-85-72(66-54(14)33-45(5)34-55(66)15)69(79)63-48(8)27-42(2)28-49(63)9,40-83-61(77)22-25-86-73(67-56(16)35-46(6)36-57(67)17)70(80)64-50(10)29-43(3)30-51(64)11)41-84-62(78)23-26-87-74(68-58(18)37-47(7)38-59(68)19)71(81)65-52(12)31-44(4)32-53(65)13/h27-38,72-74H,20-26,39-41H2,1-19H3. The molecule has 6 aromatic carbocycles. The molecule has 0 amide bonds. The van der Waals surface area contributed by atoms with Crippen LogP contribution in [0.25, 0.3) is 0 Å². The van der Waals surface area contributed by atoms with Crippen molar-refractivity contribution in [1.29, 1.82) is 0 Å². The Bertz CT molecular complexity index is 3080. The molecule has 0 saturated carbocycles. The summed E-state index contributed by atoms with van der Waals surface area (Å²) in [6.45, 7) is 37.4. The molecule has 0 aliphatic heterocycles. The summed E-state index contributed by atoms with van der Waals surface area (Å²) in [5.74, 6) is -0.711. The zero-order valence-corrected chi connectivity index (χ0v) is 57.6. The summed E-state index contributed by atoms with van der Waals surface area (Å²) in [5, 5.41) is -1.73. The lowest BCUT2D eigenvalue weighted by atomic mass is 9.88. The van der Waals surface area contributed by atoms with Gasteiger partial charge in [0.1, 0.15) is 19.8 Å². The molecule has 3 atom stereocenters. The second kappa shape index (κ2) is 30.8. The van der Waals surface area contributed by atoms with Crippen molar-refractivity contribution in [3.63, 3.8) is 0 Å². The molecule has 0 saturated heterocycles. The topological polar surface area (TPSA) is 130 Å². The van der Waals surface area contributed by atoms with Gasteiger partial charge in [-0.25, -0.2) is 0 Å². The van der Waals surface area contributed by atoms with Gasteiger partial charge in [-0.05, 0) is 214 Å². The fourth-order valence-corrected chi connectivity index (χ4v) is 16.9. The summed E-state index contributed by atoms with van der Waals surface area (Å²) in [5.41, 5.74) is 21.8. The number of benzene rings is 6. The summed E-state index contributed by atoms with van der Waals surface area (Å²) in [6.07, 6.45) is 0.273. The van der Waals surface area contributed by atoms with E-state index in [0.717, 1.165) is 117 Å². The number of rotatable bonds is 28. The predicted molar refractivity (Wildman–Crippen MR) is 362 cm³/mol. The first-order chi connectivity index (χ1) is 40.9. The average molecular weight is 1230 g/mol. The largest absolute Gasteiger partial charge is 0.465 e. The number of esters is 3. The van der Waals surface area contributed by atoms with Crippen molar-refractivity contribution in [1.82, 2.24) is 0 Å². The van der Waals surface area contributed by atoms with E-state index >= 15 is 0 Å². The van der Waals surface area contributed by atoms with Gasteiger partial charge >= 0.3 is 17.9 Å². The van der Waals surface area contributed by atoms with Crippen molar-refractivity contribution in [2.75, 3.05) is 37.1 Å². The fraction of sp³-hybridized carbons (Fsp3) is 0.440. The van der Waals surface area contributed by atoms with Crippen LogP contribution in [-0.2, 0) is 28.6 Å². The van der Waals surface area contributed by atoms with Crippen LogP contribution < -0.4 is 0 Å². The maximum Gasteiger partial charge on any atom is 0.306 e. The van der Waals surface area contributed by atoms with E-state index in [9.17, 15) is 28.8 Å². The highest BCUT2D eigenvalue weighted by Crippen LogP contribution is 2.42. The molecule has 0 radical (unpaired) electrons. The number of hydrogen-bond donors (Lipinski definition) is 0. The molecule has 87 heavy (non-hydrogen) atoms. The Balaban J connectivity index is 1.21. The maximum absolute atomic E-state index is 14.7. The van der Waals surface area contributed by atoms with Gasteiger partial charge in [-0.2, -0.15) is 0 Å². The summed E-state index contributed by atoms with van der Waals surface area (Å²) in [7, 11) is 0. The van der Waals surface area contributed by atoms with Crippen molar-refractivity contribution in [2.24, 2.45) is 5.41 Å². The zero-order chi connectivity index (χ0) is 64.4. The highest BCUT2D eigenvalue weighted by Gasteiger charge is 2.36. The summed E-state index contributed by atoms with van der Waals surface area (Å²) in [6, 6.07) is 24.7. The lowest BCUT2D eigenvalue weighted by molar-refractivity contribution is -0.161. The molecule has 464 valence electrons. The van der Waals surface area contributed by atoms with E-state index in [2.05, 4.69) is 36.4 Å². The smallest absolute Gasteiger partial charge is 0.306 e. The third kappa shape index (κ3) is 17.8. The van der Waals surface area contributed by atoms with E-state index in [1.54, 1.807) is 0 Å². The van der Waals surface area contributed by atoms with Gasteiger partial charge in [0.25, 0.3) is 0 Å². The van der Waals surface area contributed by atoms with Crippen LogP contribution in [0.4, 0.5) is 0 Å². The minimum Gasteiger partial charge on any atom is -0.465 e. The predicted octanol–water partition coefficient (Wildman–Crippen LogP) is 17.8. The van der Waals surface area contributed by atoms with Crippen LogP contribution in [0.2, 0.25) is 0 Å². The summed E-state index contributed by atoms with van der Waals surface area (Å²) < 4.78 is 18.2. The fourth-order valence-electron chi connectivity index (χ4n) is 12.9. The van der Waals surface area contributed by atoms with E-state index in [1.165, 1.54) is 35.3 Å². The minimum atomic E-state index is -1.13. The molecule has 0 fully saturated rings. The van der Waals surface area contributed by atoms with Crippen molar-refractivity contribution >= 4 is 70.5 Å². The van der Waals surface area contributed by atoms with Crippen LogP contribution in [0.5, 0.6) is 0 Å². The average Bonchev–Trinajstić information content (AvgIpc) is 1.35. The molecule has 0 N–H and O–H groups in total. The van der Waals surface area contributed by atoms with Crippen molar-refractivity contribution in [2.45, 2.75) is 173 Å². The van der Waals surface area contributed by atoms with Crippen LogP contribution in [0, 0.1) is 130 Å². The van der Waals surface area contributed by atoms with Gasteiger partial charge in [0, 0.05) is 33.9 Å². The van der Waals surface area contributed by atoms with Crippen LogP contribution in [0.3, 0.4) is 0 Å². The Hall–Kier alpha value is -6.21. The molecule has 12 heteroatoms. The number of carbonyl (C=O) groups is 6. The number of ether oxygens (including phenoxy) is 3. The van der Waals surface area contributed by atoms with Gasteiger partial charge in [0.15, 0.2) is 17.3 Å². The Kier molecular flexibility index (Phi) is 24.8. The molecule has 9 nitrogen and oxygen atoms in total. The van der Waals surface area contributed by atoms with Crippen molar-refractivity contribution in [3.05, 3.63) is 206 Å². The SMILES string of the molecule is CCC(COC(=O)CCSC(C(=O)c1c(C)cc(C)cc1C)c1c(C)cc(C)cc1C)(COC(=O)CCSC(C(=O)c1c(C)cc(C)cc1C)c1c(C)cc(C)cc1C)COC(=O)CCSC(C(=O)c1c(C)cc(C)cc1C)c1c(C)cc(C)cc1C. The second-order valence-electron chi connectivity index (χ2n) is 24.7. The van der Waals surface area contributed by atoms with Crippen molar-refractivity contribution in [3.8, 4) is 0 Å². The molecule has 0 spiro atoms. The number of aryl methyl sites for hydroxylation is 18. The van der Waals surface area contributed by atoms with Gasteiger partial charge in [-0.1, -0.05) is 113 Å². The molecule has 6 rings (SSSR count). The number of ketones is 3. The highest BCUT2D eigenvalue weighted by molar-refractivity contribution is 8.00. The molecule has 6 aromatic rings. The summed E-state index contributed by atoms with van der Waals surface area (Å²) in [4.78, 5) is 86.1. The first-order valence-electron chi connectivity index (χ1n) is 30.4. The highest BCUT2D eigenvalue weighted by atomic mass is 32.2. The van der Waals surface area contributed by atoms with Gasteiger partial charge in [-0.3, -0.25) is 28.8 Å². The lowest BCUT2D eigenvalue weighted by Crippen LogP contribution is -2.39. The van der Waals surface area contributed by atoms with Gasteiger partial charge in [0.2, 0.25) is 0 Å². The molecular weight excluding hydrogens is 1140 g/mol. The number of Topliss-reactive ketones (excluding diaryl/α,β-unsaturated/α-hetero) is 3. The Morgan fingerprint density at radius 2 is 0.506 bits per heavy atom. The van der Waals surface area contributed by atoms with Gasteiger partial charge < -0.3 is 14.2 Å². The monoisotopic (exact) mass is 1230 g/mol. The second-order valence-corrected chi connectivity index (χ2v) is 28.3. The zero-order valence-electron chi connectivity index (χ0n) is 55.1. The lowest BCUT2D eigenvalue weighted by Gasteiger charge is -2.31.